The zero-order valence-corrected chi connectivity index (χ0v) is 76.8. The van der Waals surface area contributed by atoms with Gasteiger partial charge in [0.2, 0.25) is 11.8 Å². The average Bonchev–Trinajstić information content (AvgIpc) is 0.784. The number of ether oxygens (including phenoxy) is 7. The lowest BCUT2D eigenvalue weighted by Gasteiger charge is -2.46. The first-order chi connectivity index (χ1) is 57.6. The van der Waals surface area contributed by atoms with E-state index in [1.54, 1.807) is 0 Å². The summed E-state index contributed by atoms with van der Waals surface area (Å²) in [6.45, 7) is 11.2. The lowest BCUT2D eigenvalue weighted by molar-refractivity contribution is -0.298. The summed E-state index contributed by atoms with van der Waals surface area (Å²) in [4.78, 5) is 107. The van der Waals surface area contributed by atoms with Gasteiger partial charge in [-0.05, 0) is 51.4 Å². The summed E-state index contributed by atoms with van der Waals surface area (Å²) in [6, 6.07) is -3.47. The molecule has 0 saturated carbocycles. The number of esters is 4. The molecule has 4 unspecified atom stereocenters. The van der Waals surface area contributed by atoms with E-state index in [0.29, 0.717) is 51.4 Å². The lowest BCUT2D eigenvalue weighted by Crippen LogP contribution is -2.68. The van der Waals surface area contributed by atoms with Crippen molar-refractivity contribution in [1.82, 2.24) is 10.6 Å². The van der Waals surface area contributed by atoms with Gasteiger partial charge in [0, 0.05) is 12.8 Å². The maximum atomic E-state index is 15.1. The second kappa shape index (κ2) is 74.8. The van der Waals surface area contributed by atoms with Crippen molar-refractivity contribution < 1.29 is 106 Å². The maximum Gasteiger partial charge on any atom is 0.470 e. The highest BCUT2D eigenvalue weighted by Crippen LogP contribution is 2.43. The fraction of sp³-hybridized carbons (Fsp3) is 0.936. The van der Waals surface area contributed by atoms with E-state index >= 15 is 4.79 Å². The summed E-state index contributed by atoms with van der Waals surface area (Å²) in [7, 11) is -5.62. The number of hydrogen-bond donors (Lipinski definition) is 9. The highest BCUT2D eigenvalue weighted by atomic mass is 31.2. The number of aliphatic hydroxyl groups excluding tert-OH is 5. The Morgan fingerprint density at radius 3 is 1.03 bits per heavy atom. The standard InChI is InChI=1S/C94H177N2O22P/c1-7-13-19-25-31-37-38-44-50-56-62-68-84(103)113-78(66-60-54-48-42-35-29-23-17-11-5)72-86(105)117-92-88(96-82(101)71-77(65-59-53-47-41-34-28-22-16-10-4)112-83(102)67-61-55-49-43-36-30-24-18-12-6)94(115-79(73-97)90(92)118-119(108,109)110)111-74-80-89(106)91(116-85(104)70-76(99)64-58-52-46-40-33-27-21-15-9-3)87(93(107)114-80)95-81(100)69-75(98)63-57-51-45-39-32-26-20-14-8-2/h75-80,87-94,97-99,106-107H,7-74H2,1-6H3,(H,95,100)(H,96,101)(H2,108,109,110)/t75?,76?,77?,78?,79-,80-,87-,88-,89-,90-,91-,92-,93+,94-/m1/s1. The van der Waals surface area contributed by atoms with Crippen molar-refractivity contribution in [3.63, 3.8) is 0 Å². The molecule has 25 heteroatoms. The molecule has 2 fully saturated rings. The third-order valence-electron chi connectivity index (χ3n) is 23.6. The molecule has 9 N–H and O–H groups in total. The van der Waals surface area contributed by atoms with Crippen LogP contribution in [0, 0.1) is 0 Å². The minimum Gasteiger partial charge on any atom is -0.462 e. The monoisotopic (exact) mass is 1720 g/mol. The number of phosphoric ester groups is 1. The van der Waals surface area contributed by atoms with Crippen LogP contribution in [0.1, 0.15) is 465 Å². The van der Waals surface area contributed by atoms with E-state index in [9.17, 15) is 63.9 Å². The normalized spacial score (nSPS) is 20.5. The largest absolute Gasteiger partial charge is 0.470 e. The molecule has 700 valence electrons. The van der Waals surface area contributed by atoms with Crippen LogP contribution in [-0.4, -0.2) is 170 Å². The number of phosphoric acid groups is 1. The van der Waals surface area contributed by atoms with Gasteiger partial charge in [-0.2, -0.15) is 0 Å². The van der Waals surface area contributed by atoms with Crippen LogP contribution in [0.5, 0.6) is 0 Å². The molecule has 2 aliphatic rings. The smallest absolute Gasteiger partial charge is 0.462 e. The molecule has 0 aromatic rings. The number of carbonyl (C=O) groups is 6. The average molecular weight is 1720 g/mol. The Morgan fingerprint density at radius 1 is 0.353 bits per heavy atom. The molecule has 2 rings (SSSR count). The number of aliphatic hydroxyl groups is 5. The van der Waals surface area contributed by atoms with Crippen LogP contribution in [0.2, 0.25) is 0 Å². The Labute approximate surface area is 721 Å². The first-order valence-corrected chi connectivity index (χ1v) is 50.5. The van der Waals surface area contributed by atoms with Crippen molar-refractivity contribution in [2.45, 2.75) is 551 Å². The number of rotatable bonds is 82. The number of nitrogens with one attached hydrogen (secondary N) is 2. The third-order valence-corrected chi connectivity index (χ3v) is 24.1. The molecule has 24 nitrogen and oxygen atoms in total. The van der Waals surface area contributed by atoms with Crippen LogP contribution in [0.25, 0.3) is 0 Å². The van der Waals surface area contributed by atoms with Gasteiger partial charge in [0.05, 0.1) is 51.1 Å². The Kier molecular flexibility index (Phi) is 70.2. The number of amides is 2. The van der Waals surface area contributed by atoms with E-state index in [-0.39, 0.29) is 25.7 Å². The molecule has 2 heterocycles. The minimum atomic E-state index is -5.62. The Hall–Kier alpha value is -3.39. The van der Waals surface area contributed by atoms with Gasteiger partial charge in [-0.3, -0.25) is 33.3 Å². The minimum absolute atomic E-state index is 0.111. The van der Waals surface area contributed by atoms with Gasteiger partial charge in [0.15, 0.2) is 24.8 Å². The van der Waals surface area contributed by atoms with Crippen molar-refractivity contribution in [1.29, 1.82) is 0 Å². The van der Waals surface area contributed by atoms with Crippen molar-refractivity contribution in [2.75, 3.05) is 13.2 Å². The molecule has 0 aliphatic carbocycles. The van der Waals surface area contributed by atoms with Gasteiger partial charge in [-0.15, -0.1) is 0 Å². The summed E-state index contributed by atoms with van der Waals surface area (Å²) in [5, 5.41) is 63.2. The van der Waals surface area contributed by atoms with Crippen LogP contribution >= 0.6 is 7.82 Å². The van der Waals surface area contributed by atoms with Crippen LogP contribution < -0.4 is 10.6 Å². The van der Waals surface area contributed by atoms with E-state index in [4.69, 9.17) is 37.7 Å². The van der Waals surface area contributed by atoms with Gasteiger partial charge in [-0.1, -0.05) is 375 Å². The molecule has 0 bridgehead atoms. The van der Waals surface area contributed by atoms with E-state index in [2.05, 4.69) is 52.2 Å². The Bertz CT molecular complexity index is 2520. The van der Waals surface area contributed by atoms with Crippen molar-refractivity contribution in [3.05, 3.63) is 0 Å². The van der Waals surface area contributed by atoms with Crippen LogP contribution in [0.3, 0.4) is 0 Å². The molecule has 0 radical (unpaired) electrons. The summed E-state index contributed by atoms with van der Waals surface area (Å²) in [6.07, 6.45) is 38.1. The first kappa shape index (κ1) is 112. The quantitative estimate of drug-likeness (QED) is 0.0118. The zero-order chi connectivity index (χ0) is 87.2. The van der Waals surface area contributed by atoms with E-state index in [0.717, 1.165) is 205 Å². The summed E-state index contributed by atoms with van der Waals surface area (Å²) in [5.41, 5.74) is 0. The maximum absolute atomic E-state index is 15.1. The fourth-order valence-corrected chi connectivity index (χ4v) is 16.9. The van der Waals surface area contributed by atoms with E-state index in [1.165, 1.54) is 116 Å². The van der Waals surface area contributed by atoms with Crippen molar-refractivity contribution in [3.8, 4) is 0 Å². The molecule has 2 saturated heterocycles. The molecule has 0 aromatic carbocycles. The molecule has 119 heavy (non-hydrogen) atoms. The molecule has 2 aliphatic heterocycles. The fourth-order valence-electron chi connectivity index (χ4n) is 16.4. The highest BCUT2D eigenvalue weighted by Gasteiger charge is 2.54. The molecule has 0 spiro atoms. The van der Waals surface area contributed by atoms with Crippen LogP contribution in [-0.2, 0) is 71.0 Å². The Balaban J connectivity index is 2.73. The second-order valence-corrected chi connectivity index (χ2v) is 36.1. The van der Waals surface area contributed by atoms with Gasteiger partial charge >= 0.3 is 31.7 Å². The lowest BCUT2D eigenvalue weighted by atomic mass is 9.95. The van der Waals surface area contributed by atoms with Crippen molar-refractivity contribution >= 4 is 43.5 Å². The Morgan fingerprint density at radius 2 is 0.664 bits per heavy atom. The molecule has 2 amide bonds. The summed E-state index contributed by atoms with van der Waals surface area (Å²) < 4.78 is 61.8. The van der Waals surface area contributed by atoms with Crippen LogP contribution in [0.15, 0.2) is 0 Å². The predicted molar refractivity (Wildman–Crippen MR) is 470 cm³/mol. The third kappa shape index (κ3) is 59.3. The first-order valence-electron chi connectivity index (χ1n) is 49.0. The predicted octanol–water partition coefficient (Wildman–Crippen LogP) is 20.5. The van der Waals surface area contributed by atoms with Crippen LogP contribution in [0.4, 0.5) is 0 Å². The van der Waals surface area contributed by atoms with Crippen molar-refractivity contribution in [2.24, 2.45) is 0 Å². The van der Waals surface area contributed by atoms with E-state index < -0.39 is 168 Å². The number of unbranched alkanes of at least 4 members (excludes halogenated alkanes) is 50. The molecule has 0 aromatic heterocycles. The van der Waals surface area contributed by atoms with Gasteiger partial charge in [0.25, 0.3) is 0 Å². The van der Waals surface area contributed by atoms with E-state index in [1.807, 2.05) is 0 Å². The summed E-state index contributed by atoms with van der Waals surface area (Å²) in [5.74, 6) is -4.56. The molecule has 14 atom stereocenters. The topological polar surface area (TPSA) is 359 Å². The SMILES string of the molecule is CCCCCCCCCCCCCC(=O)OC(CCCCCCCCCCC)CC(=O)O[C@@H]1[C@@H](NC(=O)CC(CCCCCCCCCCC)OC(=O)CCCCCCCCCCC)[C@H](OC[C@H]2O[C@H](O)[C@H](NC(=O)CC(O)CCCCCCCCCCC)[C@@H](OC(=O)CC(O)CCCCCCCCCCC)[C@@H]2O)O[C@H](CO)[C@H]1OP(=O)(O)O. The van der Waals surface area contributed by atoms with Gasteiger partial charge in [-0.25, -0.2) is 4.57 Å². The van der Waals surface area contributed by atoms with Gasteiger partial charge < -0.3 is 79.1 Å². The van der Waals surface area contributed by atoms with Gasteiger partial charge in [0.1, 0.15) is 48.7 Å². The highest BCUT2D eigenvalue weighted by molar-refractivity contribution is 7.46. The summed E-state index contributed by atoms with van der Waals surface area (Å²) >= 11 is 0. The number of hydrogen-bond acceptors (Lipinski definition) is 20. The zero-order valence-electron chi connectivity index (χ0n) is 75.9. The molecular formula is C94H177N2O22P. The molecular weight excluding hydrogens is 1540 g/mol. The second-order valence-electron chi connectivity index (χ2n) is 35.0. The number of carbonyl (C=O) groups excluding carboxylic acids is 6.